The van der Waals surface area contributed by atoms with Crippen LogP contribution in [0.4, 0.5) is 0 Å². The Morgan fingerprint density at radius 1 is 1.00 bits per heavy atom. The third-order valence-corrected chi connectivity index (χ3v) is 6.76. The maximum absolute atomic E-state index is 12.7. The molecule has 2 aromatic carbocycles. The Balaban J connectivity index is 1.56. The quantitative estimate of drug-likeness (QED) is 0.551. The van der Waals surface area contributed by atoms with Crippen molar-refractivity contribution < 1.29 is 22.7 Å². The van der Waals surface area contributed by atoms with Gasteiger partial charge in [-0.05, 0) is 55.2 Å². The summed E-state index contributed by atoms with van der Waals surface area (Å²) in [6.45, 7) is 1.12. The Bertz CT molecular complexity index is 980. The van der Waals surface area contributed by atoms with Gasteiger partial charge in [0.2, 0.25) is 15.9 Å². The highest BCUT2D eigenvalue weighted by Crippen LogP contribution is 2.21. The molecule has 3 rings (SSSR count). The molecular weight excluding hydrogens is 392 g/mol. The highest BCUT2D eigenvalue weighted by molar-refractivity contribution is 7.89. The van der Waals surface area contributed by atoms with Gasteiger partial charge in [-0.25, -0.2) is 8.42 Å². The van der Waals surface area contributed by atoms with Crippen molar-refractivity contribution in [1.29, 1.82) is 0 Å². The van der Waals surface area contributed by atoms with Crippen LogP contribution in [-0.4, -0.2) is 37.7 Å². The molecule has 0 spiro atoms. The lowest BCUT2D eigenvalue weighted by Gasteiger charge is -2.25. The summed E-state index contributed by atoms with van der Waals surface area (Å²) in [5.41, 5.74) is 6.32. The number of sulfonamides is 1. The Kier molecular flexibility index (Phi) is 6.66. The molecule has 2 aromatic rings. The summed E-state index contributed by atoms with van der Waals surface area (Å²) in [6.07, 6.45) is 3.38. The lowest BCUT2D eigenvalue weighted by atomic mass is 10.1. The normalized spacial score (nSPS) is 15.0. The molecule has 0 atom stereocenters. The van der Waals surface area contributed by atoms with Crippen molar-refractivity contribution in [3.05, 3.63) is 59.7 Å². The summed E-state index contributed by atoms with van der Waals surface area (Å²) in [5, 5.41) is 0. The lowest BCUT2D eigenvalue weighted by molar-refractivity contribution is -0.134. The van der Waals surface area contributed by atoms with Crippen molar-refractivity contribution in [2.45, 2.75) is 37.0 Å². The van der Waals surface area contributed by atoms with Crippen LogP contribution in [0, 0.1) is 0 Å². The molecule has 1 aliphatic heterocycles. The topological polar surface area (TPSA) is 107 Å². The van der Waals surface area contributed by atoms with Crippen LogP contribution < -0.4 is 10.5 Å². The predicted octanol–water partition coefficient (Wildman–Crippen LogP) is 2.50. The third kappa shape index (κ3) is 5.42. The molecule has 0 aliphatic carbocycles. The molecule has 154 valence electrons. The van der Waals surface area contributed by atoms with Crippen LogP contribution in [0.1, 0.15) is 41.6 Å². The fourth-order valence-electron chi connectivity index (χ4n) is 3.22. The number of benzene rings is 2. The molecule has 1 aliphatic rings. The number of nitrogens with zero attached hydrogens (tertiary/aromatic N) is 1. The van der Waals surface area contributed by atoms with Crippen molar-refractivity contribution in [1.82, 2.24) is 4.31 Å². The average Bonchev–Trinajstić information content (AvgIpc) is 2.73. The first-order valence-electron chi connectivity index (χ1n) is 9.56. The van der Waals surface area contributed by atoms with Gasteiger partial charge in [0.15, 0.2) is 0 Å². The van der Waals surface area contributed by atoms with Crippen LogP contribution in [0.25, 0.3) is 0 Å². The number of nitrogens with two attached hydrogens (primary N) is 1. The molecule has 8 heteroatoms. The predicted molar refractivity (Wildman–Crippen MR) is 108 cm³/mol. The number of hydrogen-bond acceptors (Lipinski definition) is 5. The van der Waals surface area contributed by atoms with E-state index in [1.54, 1.807) is 42.5 Å². The lowest BCUT2D eigenvalue weighted by Crippen LogP contribution is -2.35. The molecule has 29 heavy (non-hydrogen) atoms. The van der Waals surface area contributed by atoms with E-state index in [0.717, 1.165) is 24.8 Å². The van der Waals surface area contributed by atoms with Crippen LogP contribution in [0.5, 0.6) is 5.75 Å². The van der Waals surface area contributed by atoms with Crippen molar-refractivity contribution >= 4 is 21.9 Å². The molecule has 2 N–H and O–H groups in total. The molecular formula is C21H24N2O5S. The zero-order valence-electron chi connectivity index (χ0n) is 16.0. The molecule has 1 fully saturated rings. The van der Waals surface area contributed by atoms with Gasteiger partial charge >= 0.3 is 5.97 Å². The van der Waals surface area contributed by atoms with E-state index >= 15 is 0 Å². The van der Waals surface area contributed by atoms with Crippen molar-refractivity contribution in [2.75, 3.05) is 13.1 Å². The zero-order valence-corrected chi connectivity index (χ0v) is 16.9. The highest BCUT2D eigenvalue weighted by Gasteiger charge is 2.25. The number of esters is 1. The molecule has 1 saturated heterocycles. The molecule has 1 amide bonds. The summed E-state index contributed by atoms with van der Waals surface area (Å²) < 4.78 is 32.1. The van der Waals surface area contributed by atoms with Crippen LogP contribution in [-0.2, 0) is 21.2 Å². The Morgan fingerprint density at radius 3 is 2.34 bits per heavy atom. The minimum atomic E-state index is -3.46. The first-order chi connectivity index (χ1) is 13.9. The second-order valence-corrected chi connectivity index (χ2v) is 8.91. The zero-order chi connectivity index (χ0) is 20.9. The summed E-state index contributed by atoms with van der Waals surface area (Å²) in [5.74, 6) is -0.784. The van der Waals surface area contributed by atoms with Crippen molar-refractivity contribution in [3.63, 3.8) is 0 Å². The number of ether oxygens (including phenoxy) is 1. The molecule has 0 aromatic heterocycles. The fourth-order valence-corrected chi connectivity index (χ4v) is 4.74. The molecule has 0 bridgehead atoms. The van der Waals surface area contributed by atoms with Crippen LogP contribution in [0.15, 0.2) is 53.4 Å². The molecule has 7 nitrogen and oxygen atoms in total. The SMILES string of the molecule is NC(=O)c1cccc(OC(=O)CCc2ccc(S(=O)(=O)N3CCCCC3)cc2)c1. The van der Waals surface area contributed by atoms with Crippen LogP contribution >= 0.6 is 0 Å². The number of piperidine rings is 1. The summed E-state index contributed by atoms with van der Waals surface area (Å²) in [6, 6.07) is 12.7. The van der Waals surface area contributed by atoms with Gasteiger partial charge in [0.1, 0.15) is 5.75 Å². The molecule has 0 radical (unpaired) electrons. The van der Waals surface area contributed by atoms with Gasteiger partial charge in [-0.15, -0.1) is 0 Å². The van der Waals surface area contributed by atoms with E-state index in [-0.39, 0.29) is 22.6 Å². The fraction of sp³-hybridized carbons (Fsp3) is 0.333. The van der Waals surface area contributed by atoms with E-state index in [0.29, 0.717) is 19.5 Å². The Hall–Kier alpha value is -2.71. The van der Waals surface area contributed by atoms with E-state index in [4.69, 9.17) is 10.5 Å². The number of hydrogen-bond donors (Lipinski definition) is 1. The maximum Gasteiger partial charge on any atom is 0.311 e. The number of carbonyl (C=O) groups excluding carboxylic acids is 2. The minimum absolute atomic E-state index is 0.124. The smallest absolute Gasteiger partial charge is 0.311 e. The Labute approximate surface area is 170 Å². The van der Waals surface area contributed by atoms with Crippen LogP contribution in [0.3, 0.4) is 0 Å². The standard InChI is InChI=1S/C21H24N2O5S/c22-21(25)17-5-4-6-18(15-17)28-20(24)12-9-16-7-10-19(11-8-16)29(26,27)23-13-2-1-3-14-23/h4-8,10-11,15H,1-3,9,12-14H2,(H2,22,25). The highest BCUT2D eigenvalue weighted by atomic mass is 32.2. The van der Waals surface area contributed by atoms with E-state index in [1.807, 2.05) is 0 Å². The molecule has 0 saturated carbocycles. The summed E-state index contributed by atoms with van der Waals surface area (Å²) >= 11 is 0. The number of primary amides is 1. The van der Waals surface area contributed by atoms with Gasteiger partial charge in [-0.3, -0.25) is 9.59 Å². The third-order valence-electron chi connectivity index (χ3n) is 4.84. The Morgan fingerprint density at radius 2 is 1.69 bits per heavy atom. The van der Waals surface area contributed by atoms with Crippen molar-refractivity contribution in [2.24, 2.45) is 5.73 Å². The number of carbonyl (C=O) groups is 2. The van der Waals surface area contributed by atoms with Gasteiger partial charge in [-0.1, -0.05) is 24.6 Å². The molecule has 0 unspecified atom stereocenters. The van der Waals surface area contributed by atoms with Crippen LogP contribution in [0.2, 0.25) is 0 Å². The summed E-state index contributed by atoms with van der Waals surface area (Å²) in [7, 11) is -3.46. The first kappa shape index (κ1) is 21.0. The summed E-state index contributed by atoms with van der Waals surface area (Å²) in [4.78, 5) is 23.5. The van der Waals surface area contributed by atoms with Gasteiger partial charge in [0, 0.05) is 25.1 Å². The number of amides is 1. The first-order valence-corrected chi connectivity index (χ1v) is 11.0. The van der Waals surface area contributed by atoms with Gasteiger partial charge in [0.25, 0.3) is 0 Å². The van der Waals surface area contributed by atoms with E-state index in [1.165, 1.54) is 10.4 Å². The van der Waals surface area contributed by atoms with Gasteiger partial charge in [0.05, 0.1) is 4.90 Å². The second kappa shape index (κ2) is 9.19. The number of rotatable bonds is 7. The largest absolute Gasteiger partial charge is 0.426 e. The monoisotopic (exact) mass is 416 g/mol. The second-order valence-electron chi connectivity index (χ2n) is 6.97. The van der Waals surface area contributed by atoms with E-state index < -0.39 is 21.9 Å². The van der Waals surface area contributed by atoms with Gasteiger partial charge in [-0.2, -0.15) is 4.31 Å². The minimum Gasteiger partial charge on any atom is -0.426 e. The van der Waals surface area contributed by atoms with E-state index in [2.05, 4.69) is 0 Å². The average molecular weight is 416 g/mol. The van der Waals surface area contributed by atoms with Crippen molar-refractivity contribution in [3.8, 4) is 5.75 Å². The maximum atomic E-state index is 12.7. The molecule has 1 heterocycles. The number of aryl methyl sites for hydroxylation is 1. The van der Waals surface area contributed by atoms with E-state index in [9.17, 15) is 18.0 Å². The van der Waals surface area contributed by atoms with Gasteiger partial charge < -0.3 is 10.5 Å².